The fourth-order valence-corrected chi connectivity index (χ4v) is 3.29. The molecule has 1 heterocycles. The molecule has 1 unspecified atom stereocenters. The molecule has 1 aliphatic carbocycles. The Morgan fingerprint density at radius 1 is 1.45 bits per heavy atom. The molecule has 0 radical (unpaired) electrons. The Hall–Kier alpha value is -1.39. The van der Waals surface area contributed by atoms with E-state index >= 15 is 0 Å². The van der Waals surface area contributed by atoms with Crippen LogP contribution < -0.4 is 5.32 Å². The van der Waals surface area contributed by atoms with E-state index in [1.807, 2.05) is 18.2 Å². The molecule has 0 bridgehead atoms. The van der Waals surface area contributed by atoms with Crippen LogP contribution >= 0.6 is 0 Å². The van der Waals surface area contributed by atoms with Crippen LogP contribution in [0.25, 0.3) is 0 Å². The van der Waals surface area contributed by atoms with Crippen molar-refractivity contribution in [3.63, 3.8) is 0 Å². The first-order valence-corrected chi connectivity index (χ1v) is 8.26. The van der Waals surface area contributed by atoms with Gasteiger partial charge in [0.15, 0.2) is 0 Å². The van der Waals surface area contributed by atoms with Gasteiger partial charge in [-0.3, -0.25) is 9.69 Å². The number of hydrogen-bond donors (Lipinski definition) is 2. The molecule has 1 aliphatic heterocycles. The van der Waals surface area contributed by atoms with Gasteiger partial charge in [0.1, 0.15) is 0 Å². The number of benzene rings is 1. The fraction of sp³-hybridized carbons (Fsp3) is 0.611. The third-order valence-corrected chi connectivity index (χ3v) is 4.83. The maximum absolute atomic E-state index is 12.1. The summed E-state index contributed by atoms with van der Waals surface area (Å²) in [6.07, 6.45) is 2.13. The summed E-state index contributed by atoms with van der Waals surface area (Å²) >= 11 is 0. The predicted octanol–water partition coefficient (Wildman–Crippen LogP) is 2.03. The molecule has 3 rings (SSSR count). The zero-order chi connectivity index (χ0) is 15.7. The van der Waals surface area contributed by atoms with Gasteiger partial charge in [0.2, 0.25) is 0 Å². The number of hydrogen-bond acceptors (Lipinski definition) is 3. The van der Waals surface area contributed by atoms with Gasteiger partial charge in [0.05, 0.1) is 6.10 Å². The van der Waals surface area contributed by atoms with Crippen LogP contribution in [0.1, 0.15) is 42.6 Å². The Bertz CT molecular complexity index is 552. The molecule has 0 aromatic heterocycles. The number of likely N-dealkylation sites (tertiary alicyclic amines) is 1. The monoisotopic (exact) mass is 302 g/mol. The first-order chi connectivity index (χ1) is 10.5. The minimum atomic E-state index is -0.176. The highest BCUT2D eigenvalue weighted by Gasteiger charge is 2.54. The molecule has 22 heavy (non-hydrogen) atoms. The number of aliphatic hydroxyl groups is 1. The average Bonchev–Trinajstić information content (AvgIpc) is 3.19. The minimum absolute atomic E-state index is 0.00401. The lowest BCUT2D eigenvalue weighted by atomic mass is 10.0. The summed E-state index contributed by atoms with van der Waals surface area (Å²) in [5, 5.41) is 13.1. The van der Waals surface area contributed by atoms with Gasteiger partial charge in [0.25, 0.3) is 5.91 Å². The molecule has 1 aromatic carbocycles. The number of rotatable bonds is 5. The van der Waals surface area contributed by atoms with E-state index in [2.05, 4.69) is 30.1 Å². The second-order valence-electron chi connectivity index (χ2n) is 7.35. The van der Waals surface area contributed by atoms with Crippen molar-refractivity contribution in [3.05, 3.63) is 35.4 Å². The van der Waals surface area contributed by atoms with Crippen LogP contribution in [0.5, 0.6) is 0 Å². The second kappa shape index (κ2) is 6.01. The molecular formula is C18H26N2O2. The van der Waals surface area contributed by atoms with Crippen molar-refractivity contribution in [2.75, 3.05) is 19.6 Å². The van der Waals surface area contributed by atoms with Crippen LogP contribution in [0, 0.1) is 11.3 Å². The molecule has 2 N–H and O–H groups in total. The van der Waals surface area contributed by atoms with Crippen molar-refractivity contribution in [1.82, 2.24) is 10.2 Å². The van der Waals surface area contributed by atoms with Gasteiger partial charge in [-0.1, -0.05) is 26.0 Å². The average molecular weight is 302 g/mol. The van der Waals surface area contributed by atoms with Crippen molar-refractivity contribution in [3.8, 4) is 0 Å². The standard InChI is InChI=1S/C18H26N2O2/c1-13(2)9-19-17(22)15-5-3-4-14(8-15)10-20-11-16(21)18(12-20)6-7-18/h3-5,8,13,16,21H,6-7,9-12H2,1-2H3,(H,19,22). The van der Waals surface area contributed by atoms with E-state index < -0.39 is 0 Å². The van der Waals surface area contributed by atoms with Crippen LogP contribution in [-0.4, -0.2) is 41.7 Å². The summed E-state index contributed by atoms with van der Waals surface area (Å²) in [5.74, 6) is 0.448. The van der Waals surface area contributed by atoms with E-state index in [0.717, 1.165) is 43.6 Å². The van der Waals surface area contributed by atoms with Crippen molar-refractivity contribution >= 4 is 5.91 Å². The Morgan fingerprint density at radius 2 is 2.23 bits per heavy atom. The summed E-state index contributed by atoms with van der Waals surface area (Å²) in [6, 6.07) is 7.84. The van der Waals surface area contributed by atoms with E-state index in [-0.39, 0.29) is 17.4 Å². The predicted molar refractivity (Wildman–Crippen MR) is 86.6 cm³/mol. The molecule has 1 atom stereocenters. The van der Waals surface area contributed by atoms with Gasteiger partial charge in [-0.2, -0.15) is 0 Å². The summed E-state index contributed by atoms with van der Waals surface area (Å²) in [6.45, 7) is 7.42. The first-order valence-electron chi connectivity index (χ1n) is 8.26. The fourth-order valence-electron chi connectivity index (χ4n) is 3.29. The topological polar surface area (TPSA) is 52.6 Å². The summed E-state index contributed by atoms with van der Waals surface area (Å²) < 4.78 is 0. The lowest BCUT2D eigenvalue weighted by molar-refractivity contribution is 0.0948. The summed E-state index contributed by atoms with van der Waals surface area (Å²) in [5.41, 5.74) is 2.05. The molecule has 4 nitrogen and oxygen atoms in total. The van der Waals surface area contributed by atoms with Crippen LogP contribution in [-0.2, 0) is 6.54 Å². The van der Waals surface area contributed by atoms with Gasteiger partial charge in [-0.15, -0.1) is 0 Å². The van der Waals surface area contributed by atoms with Crippen LogP contribution in [0.4, 0.5) is 0 Å². The van der Waals surface area contributed by atoms with Crippen LogP contribution in [0.2, 0.25) is 0 Å². The number of β-amino-alcohol motifs (C(OH)–C–C–N with tert-alkyl or cyclic N) is 1. The number of amides is 1. The number of nitrogens with zero attached hydrogens (tertiary/aromatic N) is 1. The summed E-state index contributed by atoms with van der Waals surface area (Å²) in [4.78, 5) is 14.4. The highest BCUT2D eigenvalue weighted by molar-refractivity contribution is 5.94. The Balaban J connectivity index is 1.60. The number of carbonyl (C=O) groups is 1. The molecule has 2 fully saturated rings. The second-order valence-corrected chi connectivity index (χ2v) is 7.35. The summed E-state index contributed by atoms with van der Waals surface area (Å²) in [7, 11) is 0. The highest BCUT2D eigenvalue weighted by atomic mass is 16.3. The number of aliphatic hydroxyl groups excluding tert-OH is 1. The Labute approximate surface area is 132 Å². The van der Waals surface area contributed by atoms with Gasteiger partial charge >= 0.3 is 0 Å². The number of nitrogens with one attached hydrogen (secondary N) is 1. The Morgan fingerprint density at radius 3 is 2.86 bits per heavy atom. The lowest BCUT2D eigenvalue weighted by Crippen LogP contribution is -2.27. The van der Waals surface area contributed by atoms with E-state index in [4.69, 9.17) is 0 Å². The van der Waals surface area contributed by atoms with Gasteiger partial charge in [-0.25, -0.2) is 0 Å². The third-order valence-electron chi connectivity index (χ3n) is 4.83. The highest BCUT2D eigenvalue weighted by Crippen LogP contribution is 2.52. The van der Waals surface area contributed by atoms with Gasteiger partial charge < -0.3 is 10.4 Å². The molecule has 4 heteroatoms. The Kier molecular flexibility index (Phi) is 4.24. The molecule has 1 saturated carbocycles. The largest absolute Gasteiger partial charge is 0.391 e. The molecular weight excluding hydrogens is 276 g/mol. The van der Waals surface area contributed by atoms with Crippen LogP contribution in [0.3, 0.4) is 0 Å². The van der Waals surface area contributed by atoms with E-state index in [1.165, 1.54) is 0 Å². The SMILES string of the molecule is CC(C)CNC(=O)c1cccc(CN2CC(O)C3(CC3)C2)c1. The maximum Gasteiger partial charge on any atom is 0.251 e. The molecule has 1 spiro atoms. The van der Waals surface area contributed by atoms with E-state index in [9.17, 15) is 9.90 Å². The minimum Gasteiger partial charge on any atom is -0.391 e. The van der Waals surface area contributed by atoms with E-state index in [1.54, 1.807) is 0 Å². The quantitative estimate of drug-likeness (QED) is 0.875. The zero-order valence-electron chi connectivity index (χ0n) is 13.5. The smallest absolute Gasteiger partial charge is 0.251 e. The zero-order valence-corrected chi connectivity index (χ0v) is 13.5. The van der Waals surface area contributed by atoms with Gasteiger partial charge in [0, 0.05) is 37.2 Å². The lowest BCUT2D eigenvalue weighted by Gasteiger charge is -2.16. The number of carbonyl (C=O) groups excluding carboxylic acids is 1. The molecule has 2 aliphatic rings. The molecule has 1 amide bonds. The van der Waals surface area contributed by atoms with Crippen LogP contribution in [0.15, 0.2) is 24.3 Å². The normalized spacial score (nSPS) is 23.2. The van der Waals surface area contributed by atoms with Gasteiger partial charge in [-0.05, 0) is 36.5 Å². The first kappa shape index (κ1) is 15.5. The van der Waals surface area contributed by atoms with Crippen molar-refractivity contribution in [1.29, 1.82) is 0 Å². The third kappa shape index (κ3) is 3.33. The molecule has 120 valence electrons. The van der Waals surface area contributed by atoms with Crippen molar-refractivity contribution in [2.24, 2.45) is 11.3 Å². The molecule has 1 saturated heterocycles. The van der Waals surface area contributed by atoms with Crippen molar-refractivity contribution in [2.45, 2.75) is 39.3 Å². The van der Waals surface area contributed by atoms with Crippen molar-refractivity contribution < 1.29 is 9.90 Å². The van der Waals surface area contributed by atoms with E-state index in [0.29, 0.717) is 12.5 Å². The molecule has 1 aromatic rings. The maximum atomic E-state index is 12.1.